The molecule has 0 saturated carbocycles. The van der Waals surface area contributed by atoms with Crippen LogP contribution in [0.25, 0.3) is 0 Å². The molecule has 2 aromatic rings. The molecule has 0 radical (unpaired) electrons. The summed E-state index contributed by atoms with van der Waals surface area (Å²) in [6.07, 6.45) is 1.52. The molecular weight excluding hydrogens is 258 g/mol. The fourth-order valence-corrected chi connectivity index (χ4v) is 1.59. The molecule has 0 aliphatic heterocycles. The van der Waals surface area contributed by atoms with Crippen molar-refractivity contribution in [3.8, 4) is 0 Å². The normalized spacial score (nSPS) is 11.8. The summed E-state index contributed by atoms with van der Waals surface area (Å²) < 4.78 is 1.55. The second-order valence-corrected chi connectivity index (χ2v) is 4.38. The van der Waals surface area contributed by atoms with Crippen LogP contribution in [0, 0.1) is 0 Å². The first-order valence-corrected chi connectivity index (χ1v) is 6.10. The van der Waals surface area contributed by atoms with Crippen LogP contribution < -0.4 is 11.1 Å². The highest BCUT2D eigenvalue weighted by molar-refractivity contribution is 5.95. The molecule has 0 aliphatic rings. The van der Waals surface area contributed by atoms with E-state index in [1.165, 1.54) is 13.1 Å². The Balaban J connectivity index is 2.02. The van der Waals surface area contributed by atoms with Crippen molar-refractivity contribution in [1.82, 2.24) is 20.3 Å². The molecule has 7 nitrogen and oxygen atoms in total. The summed E-state index contributed by atoms with van der Waals surface area (Å²) in [5, 5.41) is 10.1. The van der Waals surface area contributed by atoms with Crippen LogP contribution >= 0.6 is 0 Å². The molecule has 0 fully saturated rings. The standard InChI is InChI=1S/C13H15N5O2/c1-9(12(14)19)15-13(20)11-8-18(17-16-11)7-10-5-3-2-4-6-10/h2-6,8-9H,7H2,1H3,(H2,14,19)(H,15,20). The van der Waals surface area contributed by atoms with E-state index in [2.05, 4.69) is 15.6 Å². The van der Waals surface area contributed by atoms with Gasteiger partial charge >= 0.3 is 0 Å². The molecule has 0 aliphatic carbocycles. The van der Waals surface area contributed by atoms with Gasteiger partial charge in [0.1, 0.15) is 6.04 Å². The maximum atomic E-state index is 11.8. The number of nitrogens with two attached hydrogens (primary N) is 1. The van der Waals surface area contributed by atoms with E-state index in [9.17, 15) is 9.59 Å². The SMILES string of the molecule is CC(NC(=O)c1cn(Cc2ccccc2)nn1)C(N)=O. The number of carbonyl (C=O) groups excluding carboxylic acids is 2. The van der Waals surface area contributed by atoms with Crippen LogP contribution in [0.3, 0.4) is 0 Å². The van der Waals surface area contributed by atoms with Gasteiger partial charge in [-0.1, -0.05) is 35.5 Å². The quantitative estimate of drug-likeness (QED) is 0.795. The molecule has 3 N–H and O–H groups in total. The molecule has 0 bridgehead atoms. The fourth-order valence-electron chi connectivity index (χ4n) is 1.59. The average Bonchev–Trinajstić information content (AvgIpc) is 2.88. The van der Waals surface area contributed by atoms with Crippen molar-refractivity contribution in [2.75, 3.05) is 0 Å². The van der Waals surface area contributed by atoms with Gasteiger partial charge in [-0.3, -0.25) is 9.59 Å². The molecule has 2 amide bonds. The van der Waals surface area contributed by atoms with E-state index in [1.807, 2.05) is 30.3 Å². The summed E-state index contributed by atoms with van der Waals surface area (Å²) in [4.78, 5) is 22.7. The Hall–Kier alpha value is -2.70. The Labute approximate surface area is 115 Å². The van der Waals surface area contributed by atoms with Crippen LogP contribution in [-0.4, -0.2) is 32.9 Å². The second kappa shape index (κ2) is 5.96. The molecule has 1 aromatic carbocycles. The van der Waals surface area contributed by atoms with Gasteiger partial charge in [0.05, 0.1) is 12.7 Å². The molecule has 1 unspecified atom stereocenters. The first kappa shape index (κ1) is 13.7. The number of benzene rings is 1. The summed E-state index contributed by atoms with van der Waals surface area (Å²) in [6, 6.07) is 8.94. The van der Waals surface area contributed by atoms with E-state index in [4.69, 9.17) is 5.73 Å². The number of carbonyl (C=O) groups is 2. The van der Waals surface area contributed by atoms with Gasteiger partial charge in [-0.2, -0.15) is 0 Å². The first-order chi connectivity index (χ1) is 9.56. The van der Waals surface area contributed by atoms with Crippen molar-refractivity contribution in [2.45, 2.75) is 19.5 Å². The molecule has 1 atom stereocenters. The highest BCUT2D eigenvalue weighted by atomic mass is 16.2. The van der Waals surface area contributed by atoms with E-state index in [0.717, 1.165) is 5.56 Å². The smallest absolute Gasteiger partial charge is 0.274 e. The topological polar surface area (TPSA) is 103 Å². The van der Waals surface area contributed by atoms with Gasteiger partial charge in [-0.15, -0.1) is 5.10 Å². The Kier molecular flexibility index (Phi) is 4.09. The molecule has 0 saturated heterocycles. The summed E-state index contributed by atoms with van der Waals surface area (Å²) in [5.74, 6) is -1.08. The highest BCUT2D eigenvalue weighted by Gasteiger charge is 2.16. The lowest BCUT2D eigenvalue weighted by atomic mass is 10.2. The Morgan fingerprint density at radius 1 is 1.35 bits per heavy atom. The predicted molar refractivity (Wildman–Crippen MR) is 71.7 cm³/mol. The maximum Gasteiger partial charge on any atom is 0.274 e. The average molecular weight is 273 g/mol. The van der Waals surface area contributed by atoms with Crippen molar-refractivity contribution >= 4 is 11.8 Å². The van der Waals surface area contributed by atoms with Crippen LogP contribution in [0.2, 0.25) is 0 Å². The van der Waals surface area contributed by atoms with E-state index in [-0.39, 0.29) is 5.69 Å². The van der Waals surface area contributed by atoms with Gasteiger partial charge in [-0.25, -0.2) is 4.68 Å². The fraction of sp³-hybridized carbons (Fsp3) is 0.231. The Bertz CT molecular complexity index is 608. The Morgan fingerprint density at radius 2 is 2.05 bits per heavy atom. The molecular formula is C13H15N5O2. The van der Waals surface area contributed by atoms with E-state index in [0.29, 0.717) is 6.54 Å². The van der Waals surface area contributed by atoms with Gasteiger partial charge in [0.25, 0.3) is 5.91 Å². The number of amides is 2. The van der Waals surface area contributed by atoms with Crippen molar-refractivity contribution in [3.63, 3.8) is 0 Å². The minimum absolute atomic E-state index is 0.147. The summed E-state index contributed by atoms with van der Waals surface area (Å²) >= 11 is 0. The minimum atomic E-state index is -0.748. The van der Waals surface area contributed by atoms with Crippen LogP contribution in [-0.2, 0) is 11.3 Å². The van der Waals surface area contributed by atoms with Gasteiger partial charge in [0.2, 0.25) is 5.91 Å². The lowest BCUT2D eigenvalue weighted by molar-refractivity contribution is -0.119. The van der Waals surface area contributed by atoms with Gasteiger partial charge < -0.3 is 11.1 Å². The van der Waals surface area contributed by atoms with Gasteiger partial charge in [0.15, 0.2) is 5.69 Å². The third kappa shape index (κ3) is 3.41. The number of nitrogens with zero attached hydrogens (tertiary/aromatic N) is 3. The van der Waals surface area contributed by atoms with Crippen molar-refractivity contribution in [2.24, 2.45) is 5.73 Å². The predicted octanol–water partition coefficient (Wildman–Crippen LogP) is -0.0700. The number of primary amides is 1. The zero-order valence-corrected chi connectivity index (χ0v) is 11.0. The highest BCUT2D eigenvalue weighted by Crippen LogP contribution is 2.02. The van der Waals surface area contributed by atoms with Crippen molar-refractivity contribution in [1.29, 1.82) is 0 Å². The molecule has 104 valence electrons. The largest absolute Gasteiger partial charge is 0.368 e. The zero-order valence-electron chi connectivity index (χ0n) is 11.0. The number of aromatic nitrogens is 3. The first-order valence-electron chi connectivity index (χ1n) is 6.10. The molecule has 2 rings (SSSR count). The summed E-state index contributed by atoms with van der Waals surface area (Å²) in [6.45, 7) is 2.03. The van der Waals surface area contributed by atoms with Crippen molar-refractivity contribution < 1.29 is 9.59 Å². The maximum absolute atomic E-state index is 11.8. The lowest BCUT2D eigenvalue weighted by Gasteiger charge is -2.07. The number of nitrogens with one attached hydrogen (secondary N) is 1. The summed E-state index contributed by atoms with van der Waals surface area (Å²) in [7, 11) is 0. The lowest BCUT2D eigenvalue weighted by Crippen LogP contribution is -2.42. The molecule has 20 heavy (non-hydrogen) atoms. The number of rotatable bonds is 5. The van der Waals surface area contributed by atoms with E-state index in [1.54, 1.807) is 4.68 Å². The Morgan fingerprint density at radius 3 is 2.70 bits per heavy atom. The van der Waals surface area contributed by atoms with Crippen molar-refractivity contribution in [3.05, 3.63) is 47.8 Å². The summed E-state index contributed by atoms with van der Waals surface area (Å²) in [5.41, 5.74) is 6.27. The molecule has 7 heteroatoms. The van der Waals surface area contributed by atoms with Crippen LogP contribution in [0.4, 0.5) is 0 Å². The minimum Gasteiger partial charge on any atom is -0.368 e. The van der Waals surface area contributed by atoms with Gasteiger partial charge in [0, 0.05) is 0 Å². The van der Waals surface area contributed by atoms with E-state index >= 15 is 0 Å². The van der Waals surface area contributed by atoms with Crippen LogP contribution in [0.15, 0.2) is 36.5 Å². The van der Waals surface area contributed by atoms with E-state index < -0.39 is 17.9 Å². The zero-order chi connectivity index (χ0) is 14.5. The van der Waals surface area contributed by atoms with Crippen LogP contribution in [0.1, 0.15) is 23.0 Å². The third-order valence-corrected chi connectivity index (χ3v) is 2.73. The number of hydrogen-bond acceptors (Lipinski definition) is 4. The third-order valence-electron chi connectivity index (χ3n) is 2.73. The molecule has 1 heterocycles. The molecule has 0 spiro atoms. The second-order valence-electron chi connectivity index (χ2n) is 4.38. The number of hydrogen-bond donors (Lipinski definition) is 2. The molecule has 1 aromatic heterocycles. The van der Waals surface area contributed by atoms with Gasteiger partial charge in [-0.05, 0) is 12.5 Å². The monoisotopic (exact) mass is 273 g/mol. The van der Waals surface area contributed by atoms with Crippen LogP contribution in [0.5, 0.6) is 0 Å².